The molecule has 3 aromatic rings. The molecule has 0 saturated heterocycles. The van der Waals surface area contributed by atoms with E-state index >= 15 is 13.2 Å². The number of hydrogen-bond acceptors (Lipinski definition) is 1. The summed E-state index contributed by atoms with van der Waals surface area (Å²) in [5.41, 5.74) is 3.77. The molecule has 1 nitrogen and oxygen atoms in total. The molecule has 0 unspecified atom stereocenters. The third kappa shape index (κ3) is 6.81. The van der Waals surface area contributed by atoms with E-state index in [0.717, 1.165) is 31.2 Å². The maximum Gasteiger partial charge on any atom is 0.427 e. The molecule has 0 bridgehead atoms. The molecule has 0 N–H and O–H groups in total. The monoisotopic (exact) mass is 522 g/mol. The number of fused-ring (bicyclic) bond motifs is 3. The normalized spacial score (nSPS) is 13.6. The highest BCUT2D eigenvalue weighted by molar-refractivity contribution is 5.80. The number of unbranched alkanes of at least 4 members (excludes halogenated alkanes) is 9. The van der Waals surface area contributed by atoms with Gasteiger partial charge in [-0.1, -0.05) is 120 Å². The van der Waals surface area contributed by atoms with Crippen molar-refractivity contribution in [1.82, 2.24) is 0 Å². The second-order valence-electron chi connectivity index (χ2n) is 10.7. The number of hydrogen-bond donors (Lipinski definition) is 0. The summed E-state index contributed by atoms with van der Waals surface area (Å²) in [5, 5.41) is 0. The van der Waals surface area contributed by atoms with Crippen LogP contribution in [0, 0.1) is 5.82 Å². The van der Waals surface area contributed by atoms with Gasteiger partial charge in [0.05, 0.1) is 5.56 Å². The summed E-state index contributed by atoms with van der Waals surface area (Å²) in [5.74, 6) is -1.00. The molecule has 1 heterocycles. The first-order valence-electron chi connectivity index (χ1n) is 14.6. The summed E-state index contributed by atoms with van der Waals surface area (Å²) in [6, 6.07) is 16.6. The van der Waals surface area contributed by atoms with Gasteiger partial charge in [-0.05, 0) is 59.6 Å². The van der Waals surface area contributed by atoms with Crippen LogP contribution in [0.5, 0.6) is 5.75 Å². The molecule has 4 rings (SSSR count). The average molecular weight is 523 g/mol. The van der Waals surface area contributed by atoms with Crippen molar-refractivity contribution in [2.24, 2.45) is 0 Å². The van der Waals surface area contributed by atoms with E-state index < -0.39 is 11.9 Å². The van der Waals surface area contributed by atoms with E-state index in [9.17, 15) is 0 Å². The number of rotatable bonds is 14. The number of benzene rings is 3. The Balaban J connectivity index is 1.44. The largest absolute Gasteiger partial charge is 0.427 e. The molecule has 0 fully saturated rings. The highest BCUT2D eigenvalue weighted by atomic mass is 19.3. The molecule has 0 amide bonds. The van der Waals surface area contributed by atoms with Crippen molar-refractivity contribution in [3.63, 3.8) is 0 Å². The van der Waals surface area contributed by atoms with E-state index in [2.05, 4.69) is 26.0 Å². The van der Waals surface area contributed by atoms with Crippen molar-refractivity contribution < 1.29 is 17.9 Å². The minimum absolute atomic E-state index is 0.219. The zero-order chi connectivity index (χ0) is 27.0. The van der Waals surface area contributed by atoms with Crippen LogP contribution in [-0.2, 0) is 19.0 Å². The summed E-state index contributed by atoms with van der Waals surface area (Å²) in [6.45, 7) is 4.32. The van der Waals surface area contributed by atoms with Crippen LogP contribution in [0.25, 0.3) is 22.3 Å². The van der Waals surface area contributed by atoms with Crippen LogP contribution in [0.4, 0.5) is 13.2 Å². The molecule has 1 aliphatic heterocycles. The molecule has 4 heteroatoms. The number of halogens is 3. The number of alkyl halides is 2. The van der Waals surface area contributed by atoms with E-state index in [4.69, 9.17) is 4.74 Å². The molecule has 1 aliphatic rings. The van der Waals surface area contributed by atoms with Crippen LogP contribution in [-0.4, -0.2) is 0 Å². The topological polar surface area (TPSA) is 9.23 Å². The van der Waals surface area contributed by atoms with Gasteiger partial charge in [-0.3, -0.25) is 0 Å². The maximum absolute atomic E-state index is 15.2. The zero-order valence-electron chi connectivity index (χ0n) is 22.9. The molecule has 0 saturated carbocycles. The lowest BCUT2D eigenvalue weighted by atomic mass is 9.90. The van der Waals surface area contributed by atoms with Gasteiger partial charge in [-0.25, -0.2) is 4.39 Å². The van der Waals surface area contributed by atoms with Crippen molar-refractivity contribution in [1.29, 1.82) is 0 Å². The number of aryl methyl sites for hydroxylation is 2. The zero-order valence-corrected chi connectivity index (χ0v) is 22.9. The molecule has 3 aromatic carbocycles. The molecule has 0 spiro atoms. The van der Waals surface area contributed by atoms with Gasteiger partial charge < -0.3 is 4.74 Å². The summed E-state index contributed by atoms with van der Waals surface area (Å²) < 4.78 is 50.5. The van der Waals surface area contributed by atoms with Gasteiger partial charge in [0, 0.05) is 5.56 Å². The average Bonchev–Trinajstić information content (AvgIpc) is 2.92. The smallest absolute Gasteiger partial charge is 0.425 e. The lowest BCUT2D eigenvalue weighted by Crippen LogP contribution is -2.27. The quantitative estimate of drug-likeness (QED) is 0.191. The molecule has 204 valence electrons. The van der Waals surface area contributed by atoms with Crippen molar-refractivity contribution in [3.8, 4) is 28.0 Å². The Morgan fingerprint density at radius 2 is 1.21 bits per heavy atom. The summed E-state index contributed by atoms with van der Waals surface area (Å²) in [4.78, 5) is 0. The van der Waals surface area contributed by atoms with Crippen molar-refractivity contribution in [3.05, 3.63) is 77.1 Å². The second-order valence-corrected chi connectivity index (χ2v) is 10.7. The highest BCUT2D eigenvalue weighted by Crippen LogP contribution is 2.49. The summed E-state index contributed by atoms with van der Waals surface area (Å²) in [7, 11) is 0. The lowest BCUT2D eigenvalue weighted by Gasteiger charge is -2.29. The minimum Gasteiger partial charge on any atom is -0.425 e. The Morgan fingerprint density at radius 3 is 1.92 bits per heavy atom. The Hall–Kier alpha value is -2.75. The predicted molar refractivity (Wildman–Crippen MR) is 151 cm³/mol. The Labute approximate surface area is 226 Å². The van der Waals surface area contributed by atoms with E-state index in [1.54, 1.807) is 18.2 Å². The van der Waals surface area contributed by atoms with Gasteiger partial charge in [0.15, 0.2) is 11.6 Å². The van der Waals surface area contributed by atoms with Gasteiger partial charge in [-0.2, -0.15) is 8.78 Å². The Kier molecular flexibility index (Phi) is 9.93. The van der Waals surface area contributed by atoms with Gasteiger partial charge in [0.1, 0.15) is 0 Å². The van der Waals surface area contributed by atoms with E-state index in [1.807, 2.05) is 18.2 Å². The Morgan fingerprint density at radius 1 is 0.632 bits per heavy atom. The van der Waals surface area contributed by atoms with Crippen molar-refractivity contribution in [2.75, 3.05) is 0 Å². The van der Waals surface area contributed by atoms with Crippen LogP contribution in [0.1, 0.15) is 101 Å². The molecule has 0 aliphatic carbocycles. The third-order valence-corrected chi connectivity index (χ3v) is 7.69. The number of ether oxygens (including phenoxy) is 1. The first-order chi connectivity index (χ1) is 18.4. The van der Waals surface area contributed by atoms with Crippen molar-refractivity contribution >= 4 is 0 Å². The molecule has 0 atom stereocenters. The SMILES string of the molecule is CCCCCCCCCCc1ccc(-c2ccc3c(c2)C(F)(F)Oc2c-3ccc(CCCCC)c2F)cc1. The van der Waals surface area contributed by atoms with Crippen LogP contribution in [0.15, 0.2) is 54.6 Å². The van der Waals surface area contributed by atoms with Crippen LogP contribution < -0.4 is 4.74 Å². The molecular weight excluding hydrogens is 481 g/mol. The van der Waals surface area contributed by atoms with Gasteiger partial charge in [0.25, 0.3) is 0 Å². The molecule has 0 radical (unpaired) electrons. The fraction of sp³-hybridized carbons (Fsp3) is 0.471. The summed E-state index contributed by atoms with van der Waals surface area (Å²) >= 11 is 0. The lowest BCUT2D eigenvalue weighted by molar-refractivity contribution is -0.188. The minimum atomic E-state index is -3.60. The third-order valence-electron chi connectivity index (χ3n) is 7.69. The van der Waals surface area contributed by atoms with Crippen LogP contribution in [0.2, 0.25) is 0 Å². The first kappa shape index (κ1) is 28.3. The van der Waals surface area contributed by atoms with E-state index in [1.165, 1.54) is 63.0 Å². The fourth-order valence-corrected chi connectivity index (χ4v) is 5.38. The maximum atomic E-state index is 15.2. The van der Waals surface area contributed by atoms with Crippen LogP contribution >= 0.6 is 0 Å². The summed E-state index contributed by atoms with van der Waals surface area (Å²) in [6.07, 6.45) is 11.1. The van der Waals surface area contributed by atoms with Gasteiger partial charge in [0.2, 0.25) is 0 Å². The van der Waals surface area contributed by atoms with Crippen LogP contribution in [0.3, 0.4) is 0 Å². The molecule has 0 aromatic heterocycles. The highest BCUT2D eigenvalue weighted by Gasteiger charge is 2.43. The second kappa shape index (κ2) is 13.4. The van der Waals surface area contributed by atoms with Gasteiger partial charge >= 0.3 is 6.11 Å². The van der Waals surface area contributed by atoms with Crippen molar-refractivity contribution in [2.45, 2.75) is 103 Å². The fourth-order valence-electron chi connectivity index (χ4n) is 5.38. The Bertz CT molecular complexity index is 1180. The predicted octanol–water partition coefficient (Wildman–Crippen LogP) is 11.0. The molecule has 38 heavy (non-hydrogen) atoms. The molecular formula is C34H41F3O. The van der Waals surface area contributed by atoms with E-state index in [0.29, 0.717) is 28.7 Å². The first-order valence-corrected chi connectivity index (χ1v) is 14.6. The standard InChI is InChI=1S/C34H41F3O/c1-3-5-7-8-9-10-11-13-14-25-16-18-26(19-17-25)28-21-22-29-30-23-20-27(15-12-6-4-2)32(35)33(30)38-34(36,37)31(29)24-28/h16-24H,3-15H2,1-2H3. The van der Waals surface area contributed by atoms with E-state index in [-0.39, 0.29) is 11.3 Å². The van der Waals surface area contributed by atoms with Gasteiger partial charge in [-0.15, -0.1) is 0 Å².